The van der Waals surface area contributed by atoms with Gasteiger partial charge >= 0.3 is 5.97 Å². The molecule has 0 aliphatic rings. The molecule has 9 heteroatoms. The van der Waals surface area contributed by atoms with Gasteiger partial charge in [0.05, 0.1) is 17.7 Å². The maximum atomic E-state index is 11.9. The molecule has 26 heavy (non-hydrogen) atoms. The van der Waals surface area contributed by atoms with Gasteiger partial charge < -0.3 is 14.6 Å². The summed E-state index contributed by atoms with van der Waals surface area (Å²) < 4.78 is 9.68. The highest BCUT2D eigenvalue weighted by atomic mass is 35.5. The first-order chi connectivity index (χ1) is 12.4. The Labute approximate surface area is 153 Å². The van der Waals surface area contributed by atoms with Crippen LogP contribution in [-0.4, -0.2) is 36.6 Å². The molecular weight excluding hydrogens is 364 g/mol. The zero-order valence-corrected chi connectivity index (χ0v) is 14.4. The van der Waals surface area contributed by atoms with Crippen molar-refractivity contribution in [2.24, 2.45) is 0 Å². The number of benzene rings is 2. The predicted molar refractivity (Wildman–Crippen MR) is 92.0 cm³/mol. The van der Waals surface area contributed by atoms with Crippen molar-refractivity contribution in [2.75, 3.05) is 13.7 Å². The molecule has 0 aliphatic heterocycles. The Balaban J connectivity index is 1.84. The minimum Gasteiger partial charge on any atom is -0.507 e. The lowest BCUT2D eigenvalue weighted by molar-refractivity contribution is -0.125. The number of carbonyl (C=O) groups excluding carboxylic acids is 3. The van der Waals surface area contributed by atoms with Crippen LogP contribution in [0.4, 0.5) is 0 Å². The zero-order chi connectivity index (χ0) is 19.1. The number of aromatic hydroxyl groups is 1. The lowest BCUT2D eigenvalue weighted by Gasteiger charge is -2.10. The minimum absolute atomic E-state index is 0.126. The molecule has 0 saturated heterocycles. The molecule has 0 unspecified atom stereocenters. The summed E-state index contributed by atoms with van der Waals surface area (Å²) in [5.74, 6) is -2.28. The Morgan fingerprint density at radius 3 is 2.46 bits per heavy atom. The van der Waals surface area contributed by atoms with Crippen LogP contribution in [0.1, 0.15) is 20.7 Å². The van der Waals surface area contributed by atoms with Crippen molar-refractivity contribution in [1.29, 1.82) is 0 Å². The number of halogens is 1. The van der Waals surface area contributed by atoms with E-state index in [9.17, 15) is 19.5 Å². The van der Waals surface area contributed by atoms with E-state index in [1.165, 1.54) is 37.4 Å². The van der Waals surface area contributed by atoms with Crippen LogP contribution >= 0.6 is 11.6 Å². The van der Waals surface area contributed by atoms with Gasteiger partial charge in [-0.25, -0.2) is 4.79 Å². The maximum Gasteiger partial charge on any atom is 0.342 e. The van der Waals surface area contributed by atoms with Gasteiger partial charge in [-0.15, -0.1) is 0 Å². The summed E-state index contributed by atoms with van der Waals surface area (Å²) in [5, 5.41) is 9.96. The minimum atomic E-state index is -0.905. The Morgan fingerprint density at radius 1 is 1.08 bits per heavy atom. The van der Waals surface area contributed by atoms with E-state index in [-0.39, 0.29) is 21.9 Å². The first-order valence-corrected chi connectivity index (χ1v) is 7.68. The number of phenolic OH excluding ortho intramolecular Hbond substituents is 1. The van der Waals surface area contributed by atoms with E-state index in [4.69, 9.17) is 21.1 Å². The number of phenols is 1. The third-order valence-electron chi connectivity index (χ3n) is 3.19. The third-order valence-corrected chi connectivity index (χ3v) is 3.52. The maximum absolute atomic E-state index is 11.9. The fourth-order valence-electron chi connectivity index (χ4n) is 1.90. The Morgan fingerprint density at radius 2 is 1.81 bits per heavy atom. The molecule has 0 spiro atoms. The smallest absolute Gasteiger partial charge is 0.342 e. The summed E-state index contributed by atoms with van der Waals surface area (Å²) in [5.41, 5.74) is 4.29. The highest BCUT2D eigenvalue weighted by Crippen LogP contribution is 2.23. The van der Waals surface area contributed by atoms with Crippen molar-refractivity contribution >= 4 is 29.4 Å². The fourth-order valence-corrected chi connectivity index (χ4v) is 2.12. The van der Waals surface area contributed by atoms with Gasteiger partial charge in [0.1, 0.15) is 17.1 Å². The molecule has 8 nitrogen and oxygen atoms in total. The van der Waals surface area contributed by atoms with Crippen LogP contribution in [0.25, 0.3) is 0 Å². The number of hydrazine groups is 1. The van der Waals surface area contributed by atoms with E-state index in [0.29, 0.717) is 5.75 Å². The lowest BCUT2D eigenvalue weighted by atomic mass is 10.2. The van der Waals surface area contributed by atoms with E-state index in [2.05, 4.69) is 10.9 Å². The van der Waals surface area contributed by atoms with Gasteiger partial charge in [0.15, 0.2) is 6.61 Å². The summed E-state index contributed by atoms with van der Waals surface area (Å²) >= 11 is 5.87. The van der Waals surface area contributed by atoms with Gasteiger partial charge in [0, 0.05) is 6.07 Å². The largest absolute Gasteiger partial charge is 0.507 e. The van der Waals surface area contributed by atoms with Crippen LogP contribution in [0.2, 0.25) is 5.02 Å². The molecule has 3 N–H and O–H groups in total. The van der Waals surface area contributed by atoms with Crippen molar-refractivity contribution in [3.63, 3.8) is 0 Å². The molecule has 0 heterocycles. The number of hydrogen-bond donors (Lipinski definition) is 3. The van der Waals surface area contributed by atoms with E-state index in [0.717, 1.165) is 0 Å². The molecule has 0 bridgehead atoms. The number of methoxy groups -OCH3 is 1. The lowest BCUT2D eigenvalue weighted by Crippen LogP contribution is -2.43. The molecular formula is C17H15ClN2O6. The number of esters is 1. The standard InChI is InChI=1S/C17H15ClN2O6/c1-25-10-6-7-12(14(21)8-10)17(24)26-9-15(22)19-20-16(23)11-4-2-3-5-13(11)18/h2-8,21H,9H2,1H3,(H,19,22)(H,20,23). The summed E-state index contributed by atoms with van der Waals surface area (Å²) in [6.45, 7) is -0.660. The van der Waals surface area contributed by atoms with Crippen molar-refractivity contribution in [2.45, 2.75) is 0 Å². The van der Waals surface area contributed by atoms with E-state index < -0.39 is 24.4 Å². The van der Waals surface area contributed by atoms with E-state index in [1.54, 1.807) is 12.1 Å². The SMILES string of the molecule is COc1ccc(C(=O)OCC(=O)NNC(=O)c2ccccc2Cl)c(O)c1. The number of rotatable bonds is 5. The number of nitrogens with one attached hydrogen (secondary N) is 2. The Hall–Kier alpha value is -3.26. The average molecular weight is 379 g/mol. The van der Waals surface area contributed by atoms with Crippen molar-refractivity contribution in [1.82, 2.24) is 10.9 Å². The van der Waals surface area contributed by atoms with Crippen molar-refractivity contribution in [3.05, 3.63) is 58.6 Å². The van der Waals surface area contributed by atoms with E-state index in [1.807, 2.05) is 0 Å². The van der Waals surface area contributed by atoms with Gasteiger partial charge in [-0.1, -0.05) is 23.7 Å². The Kier molecular flexibility index (Phi) is 6.40. The molecule has 2 aromatic rings. The van der Waals surface area contributed by atoms with Crippen molar-refractivity contribution < 1.29 is 29.0 Å². The monoisotopic (exact) mass is 378 g/mol. The molecule has 0 aliphatic carbocycles. The van der Waals surface area contributed by atoms with Gasteiger partial charge in [-0.05, 0) is 24.3 Å². The molecule has 0 saturated carbocycles. The zero-order valence-electron chi connectivity index (χ0n) is 13.6. The summed E-state index contributed by atoms with van der Waals surface area (Å²) in [6.07, 6.45) is 0. The molecule has 2 amide bonds. The van der Waals surface area contributed by atoms with Crippen LogP contribution in [0, 0.1) is 0 Å². The number of hydrogen-bond acceptors (Lipinski definition) is 6. The van der Waals surface area contributed by atoms with Crippen LogP contribution in [0.5, 0.6) is 11.5 Å². The molecule has 0 aromatic heterocycles. The van der Waals surface area contributed by atoms with Gasteiger partial charge in [0.2, 0.25) is 0 Å². The molecule has 0 atom stereocenters. The van der Waals surface area contributed by atoms with Crippen LogP contribution in [-0.2, 0) is 9.53 Å². The quantitative estimate of drug-likeness (QED) is 0.538. The second kappa shape index (κ2) is 8.72. The number of ether oxygens (including phenoxy) is 2. The van der Waals surface area contributed by atoms with Gasteiger partial charge in [-0.2, -0.15) is 0 Å². The highest BCUT2D eigenvalue weighted by molar-refractivity contribution is 6.33. The van der Waals surface area contributed by atoms with Crippen LogP contribution < -0.4 is 15.6 Å². The second-order valence-corrected chi connectivity index (χ2v) is 5.35. The fraction of sp³-hybridized carbons (Fsp3) is 0.118. The number of amides is 2. The average Bonchev–Trinajstić information content (AvgIpc) is 2.64. The van der Waals surface area contributed by atoms with Crippen LogP contribution in [0.3, 0.4) is 0 Å². The first kappa shape index (κ1) is 19.1. The predicted octanol–water partition coefficient (Wildman–Crippen LogP) is 1.67. The topological polar surface area (TPSA) is 114 Å². The normalized spacial score (nSPS) is 9.92. The Bertz CT molecular complexity index is 840. The molecule has 2 rings (SSSR count). The highest BCUT2D eigenvalue weighted by Gasteiger charge is 2.16. The van der Waals surface area contributed by atoms with Gasteiger partial charge in [0.25, 0.3) is 11.8 Å². The number of carbonyl (C=O) groups is 3. The molecule has 0 radical (unpaired) electrons. The summed E-state index contributed by atoms with van der Waals surface area (Å²) in [4.78, 5) is 35.4. The molecule has 136 valence electrons. The van der Waals surface area contributed by atoms with Gasteiger partial charge in [-0.3, -0.25) is 20.4 Å². The van der Waals surface area contributed by atoms with Crippen molar-refractivity contribution in [3.8, 4) is 11.5 Å². The summed E-state index contributed by atoms with van der Waals surface area (Å²) in [7, 11) is 1.41. The summed E-state index contributed by atoms with van der Waals surface area (Å²) in [6, 6.07) is 10.3. The third kappa shape index (κ3) is 4.87. The van der Waals surface area contributed by atoms with E-state index >= 15 is 0 Å². The molecule has 2 aromatic carbocycles. The second-order valence-electron chi connectivity index (χ2n) is 4.94. The molecule has 0 fully saturated rings. The van der Waals surface area contributed by atoms with Crippen LogP contribution in [0.15, 0.2) is 42.5 Å². The first-order valence-electron chi connectivity index (χ1n) is 7.30.